The summed E-state index contributed by atoms with van der Waals surface area (Å²) in [5.41, 5.74) is 0.387. The van der Waals surface area contributed by atoms with Crippen molar-refractivity contribution < 1.29 is 24.0 Å². The van der Waals surface area contributed by atoms with E-state index in [1.54, 1.807) is 25.1 Å². The third kappa shape index (κ3) is 7.23. The number of ether oxygens (including phenoxy) is 2. The van der Waals surface area contributed by atoms with Crippen molar-refractivity contribution in [1.29, 1.82) is 0 Å². The number of nitrogens with one attached hydrogen (secondary N) is 1. The Bertz CT molecular complexity index is 1020. The standard InChI is InChI=1S/C22H25Cl2N3O6/c1-4-9-25-22(29)14(2)26(12-15-5-6-16(23)10-18(15)24)21(28)13-33-17-7-8-19(27(30)31)20(11-17)32-3/h5-8,10-11,14H,4,9,12-13H2,1-3H3,(H,25,29)/t14-/m0/s1. The quantitative estimate of drug-likeness (QED) is 0.367. The van der Waals surface area contributed by atoms with Gasteiger partial charge in [-0.05, 0) is 37.1 Å². The molecule has 0 saturated carbocycles. The lowest BCUT2D eigenvalue weighted by atomic mass is 10.1. The smallest absolute Gasteiger partial charge is 0.311 e. The Kier molecular flexibility index (Phi) is 9.74. The number of carbonyl (C=O) groups is 2. The van der Waals surface area contributed by atoms with Gasteiger partial charge < -0.3 is 19.7 Å². The van der Waals surface area contributed by atoms with Crippen molar-refractivity contribution in [2.75, 3.05) is 20.3 Å². The lowest BCUT2D eigenvalue weighted by Crippen LogP contribution is -2.49. The van der Waals surface area contributed by atoms with Gasteiger partial charge in [0, 0.05) is 35.3 Å². The first-order chi connectivity index (χ1) is 15.7. The second-order valence-electron chi connectivity index (χ2n) is 7.10. The summed E-state index contributed by atoms with van der Waals surface area (Å²) in [4.78, 5) is 37.4. The second-order valence-corrected chi connectivity index (χ2v) is 7.95. The maximum Gasteiger partial charge on any atom is 0.311 e. The van der Waals surface area contributed by atoms with E-state index in [0.717, 1.165) is 6.42 Å². The molecule has 0 aliphatic rings. The first kappa shape index (κ1) is 26.2. The topological polar surface area (TPSA) is 111 Å². The van der Waals surface area contributed by atoms with Crippen LogP contribution in [-0.2, 0) is 16.1 Å². The van der Waals surface area contributed by atoms with Gasteiger partial charge in [-0.1, -0.05) is 36.2 Å². The van der Waals surface area contributed by atoms with Crippen LogP contribution in [0.25, 0.3) is 0 Å². The molecule has 2 amide bonds. The summed E-state index contributed by atoms with van der Waals surface area (Å²) >= 11 is 12.2. The van der Waals surface area contributed by atoms with Crippen LogP contribution in [0.15, 0.2) is 36.4 Å². The van der Waals surface area contributed by atoms with E-state index in [2.05, 4.69) is 5.32 Å². The highest BCUT2D eigenvalue weighted by Gasteiger charge is 2.27. The minimum absolute atomic E-state index is 0.00191. The Labute approximate surface area is 201 Å². The third-order valence-electron chi connectivity index (χ3n) is 4.78. The van der Waals surface area contributed by atoms with Crippen LogP contribution in [-0.4, -0.2) is 47.9 Å². The van der Waals surface area contributed by atoms with E-state index in [9.17, 15) is 19.7 Å². The SMILES string of the molecule is CCCNC(=O)[C@H](C)N(Cc1ccc(Cl)cc1Cl)C(=O)COc1ccc([N+](=O)[O-])c(OC)c1. The van der Waals surface area contributed by atoms with Crippen LogP contribution in [0.4, 0.5) is 5.69 Å². The molecule has 0 aromatic heterocycles. The van der Waals surface area contributed by atoms with Gasteiger partial charge in [0.1, 0.15) is 11.8 Å². The second kappa shape index (κ2) is 12.3. The molecule has 0 spiro atoms. The maximum absolute atomic E-state index is 13.1. The molecule has 2 rings (SSSR count). The normalized spacial score (nSPS) is 11.4. The van der Waals surface area contributed by atoms with Gasteiger partial charge in [0.15, 0.2) is 6.61 Å². The molecule has 0 aliphatic heterocycles. The maximum atomic E-state index is 13.1. The van der Waals surface area contributed by atoms with E-state index in [4.69, 9.17) is 32.7 Å². The number of nitro benzene ring substituents is 1. The molecule has 0 aliphatic carbocycles. The first-order valence-corrected chi connectivity index (χ1v) is 10.9. The molecule has 1 N–H and O–H groups in total. The molecular weight excluding hydrogens is 473 g/mol. The fourth-order valence-electron chi connectivity index (χ4n) is 2.94. The Balaban J connectivity index is 2.21. The molecule has 0 saturated heterocycles. The number of carbonyl (C=O) groups excluding carboxylic acids is 2. The van der Waals surface area contributed by atoms with Crippen LogP contribution in [0.1, 0.15) is 25.8 Å². The van der Waals surface area contributed by atoms with Crippen LogP contribution in [0.5, 0.6) is 11.5 Å². The van der Waals surface area contributed by atoms with Crippen LogP contribution < -0.4 is 14.8 Å². The van der Waals surface area contributed by atoms with Gasteiger partial charge in [0.2, 0.25) is 11.7 Å². The van der Waals surface area contributed by atoms with Crippen molar-refractivity contribution in [2.45, 2.75) is 32.9 Å². The number of nitro groups is 1. The van der Waals surface area contributed by atoms with E-state index in [0.29, 0.717) is 22.2 Å². The fourth-order valence-corrected chi connectivity index (χ4v) is 3.41. The van der Waals surface area contributed by atoms with E-state index < -0.39 is 23.5 Å². The summed E-state index contributed by atoms with van der Waals surface area (Å²) < 4.78 is 10.6. The van der Waals surface area contributed by atoms with E-state index >= 15 is 0 Å². The lowest BCUT2D eigenvalue weighted by molar-refractivity contribution is -0.385. The summed E-state index contributed by atoms with van der Waals surface area (Å²) in [5, 5.41) is 14.6. The molecule has 0 heterocycles. The van der Waals surface area contributed by atoms with Crippen molar-refractivity contribution in [3.05, 3.63) is 62.1 Å². The van der Waals surface area contributed by atoms with Gasteiger partial charge in [-0.25, -0.2) is 0 Å². The van der Waals surface area contributed by atoms with Crippen molar-refractivity contribution in [3.63, 3.8) is 0 Å². The van der Waals surface area contributed by atoms with Crippen LogP contribution in [0.3, 0.4) is 0 Å². The average molecular weight is 498 g/mol. The summed E-state index contributed by atoms with van der Waals surface area (Å²) in [6.45, 7) is 3.67. The van der Waals surface area contributed by atoms with Crippen LogP contribution >= 0.6 is 23.2 Å². The minimum Gasteiger partial charge on any atom is -0.490 e. The number of halogens is 2. The number of benzene rings is 2. The number of amides is 2. The summed E-state index contributed by atoms with van der Waals surface area (Å²) in [6, 6.07) is 8.00. The Hall–Kier alpha value is -3.04. The van der Waals surface area contributed by atoms with Crippen LogP contribution in [0.2, 0.25) is 10.0 Å². The van der Waals surface area contributed by atoms with Gasteiger partial charge >= 0.3 is 5.69 Å². The number of rotatable bonds is 11. The molecule has 2 aromatic carbocycles. The highest BCUT2D eigenvalue weighted by molar-refractivity contribution is 6.35. The summed E-state index contributed by atoms with van der Waals surface area (Å²) in [5.74, 6) is -0.579. The molecule has 0 fully saturated rings. The monoisotopic (exact) mass is 497 g/mol. The number of hydrogen-bond acceptors (Lipinski definition) is 6. The first-order valence-electron chi connectivity index (χ1n) is 10.1. The minimum atomic E-state index is -0.800. The Morgan fingerprint density at radius 2 is 1.94 bits per heavy atom. The average Bonchev–Trinajstić information content (AvgIpc) is 2.79. The Morgan fingerprint density at radius 3 is 2.55 bits per heavy atom. The number of hydrogen-bond donors (Lipinski definition) is 1. The van der Waals surface area contributed by atoms with Crippen molar-refractivity contribution in [2.24, 2.45) is 0 Å². The largest absolute Gasteiger partial charge is 0.490 e. The van der Waals surface area contributed by atoms with Gasteiger partial charge in [0.05, 0.1) is 12.0 Å². The molecular formula is C22H25Cl2N3O6. The van der Waals surface area contributed by atoms with Crippen molar-refractivity contribution >= 4 is 40.7 Å². The molecule has 2 aromatic rings. The van der Waals surface area contributed by atoms with Gasteiger partial charge in [-0.15, -0.1) is 0 Å². The third-order valence-corrected chi connectivity index (χ3v) is 5.37. The van der Waals surface area contributed by atoms with E-state index in [1.807, 2.05) is 6.92 Å². The zero-order valence-corrected chi connectivity index (χ0v) is 20.0. The highest BCUT2D eigenvalue weighted by Crippen LogP contribution is 2.31. The summed E-state index contributed by atoms with van der Waals surface area (Å²) in [6.07, 6.45) is 0.751. The molecule has 0 unspecified atom stereocenters. The lowest BCUT2D eigenvalue weighted by Gasteiger charge is -2.29. The van der Waals surface area contributed by atoms with Crippen molar-refractivity contribution in [1.82, 2.24) is 10.2 Å². The Morgan fingerprint density at radius 1 is 1.21 bits per heavy atom. The van der Waals surface area contributed by atoms with Gasteiger partial charge in [-0.3, -0.25) is 19.7 Å². The van der Waals surface area contributed by atoms with Crippen LogP contribution in [0, 0.1) is 10.1 Å². The zero-order valence-electron chi connectivity index (χ0n) is 18.5. The number of methoxy groups -OCH3 is 1. The van der Waals surface area contributed by atoms with E-state index in [1.165, 1.54) is 30.2 Å². The van der Waals surface area contributed by atoms with Gasteiger partial charge in [0.25, 0.3) is 5.91 Å². The number of nitrogens with zero attached hydrogens (tertiary/aromatic N) is 2. The predicted octanol–water partition coefficient (Wildman–Crippen LogP) is 4.23. The van der Waals surface area contributed by atoms with Gasteiger partial charge in [-0.2, -0.15) is 0 Å². The predicted molar refractivity (Wildman–Crippen MR) is 125 cm³/mol. The molecule has 0 radical (unpaired) electrons. The zero-order chi connectivity index (χ0) is 24.5. The molecule has 33 heavy (non-hydrogen) atoms. The molecule has 178 valence electrons. The molecule has 9 nitrogen and oxygen atoms in total. The summed E-state index contributed by atoms with van der Waals surface area (Å²) in [7, 11) is 1.30. The highest BCUT2D eigenvalue weighted by atomic mass is 35.5. The molecule has 1 atom stereocenters. The van der Waals surface area contributed by atoms with E-state index in [-0.39, 0.29) is 29.6 Å². The fraction of sp³-hybridized carbons (Fsp3) is 0.364. The molecule has 11 heteroatoms. The molecule has 0 bridgehead atoms. The van der Waals surface area contributed by atoms with Crippen molar-refractivity contribution in [3.8, 4) is 11.5 Å².